The number of alkyl halides is 3. The molecule has 1 atom stereocenters. The second kappa shape index (κ2) is 6.73. The molecule has 0 N–H and O–H groups in total. The predicted molar refractivity (Wildman–Crippen MR) is 89.3 cm³/mol. The summed E-state index contributed by atoms with van der Waals surface area (Å²) in [6.07, 6.45) is 0. The summed E-state index contributed by atoms with van der Waals surface area (Å²) in [4.78, 5) is 14.2. The number of thiazole rings is 1. The van der Waals surface area contributed by atoms with Gasteiger partial charge in [0, 0.05) is 6.07 Å². The lowest BCUT2D eigenvalue weighted by atomic mass is 10.3. The van der Waals surface area contributed by atoms with Gasteiger partial charge < -0.3 is 0 Å². The maximum absolute atomic E-state index is 12.5. The average molecular weight is 404 g/mol. The van der Waals surface area contributed by atoms with Crippen molar-refractivity contribution in [3.63, 3.8) is 0 Å². The monoisotopic (exact) mass is 404 g/mol. The molecule has 0 fully saturated rings. The van der Waals surface area contributed by atoms with Crippen molar-refractivity contribution in [3.8, 4) is 0 Å². The Balaban J connectivity index is 1.98. The molecule has 25 heavy (non-hydrogen) atoms. The Morgan fingerprint density at radius 3 is 2.56 bits per heavy atom. The van der Waals surface area contributed by atoms with Gasteiger partial charge in [-0.2, -0.15) is 13.2 Å². The van der Waals surface area contributed by atoms with Crippen molar-refractivity contribution in [2.75, 3.05) is 0 Å². The van der Waals surface area contributed by atoms with Crippen LogP contribution in [0.15, 0.2) is 56.6 Å². The second-order valence-electron chi connectivity index (χ2n) is 4.65. The molecule has 3 rings (SSSR count). The van der Waals surface area contributed by atoms with E-state index in [9.17, 15) is 27.5 Å². The summed E-state index contributed by atoms with van der Waals surface area (Å²) >= 11 is 2.30. The predicted octanol–water partition coefficient (Wildman–Crippen LogP) is 4.98. The van der Waals surface area contributed by atoms with Crippen LogP contribution in [0.1, 0.15) is 0 Å². The molecular weight excluding hydrogens is 397 g/mol. The zero-order valence-electron chi connectivity index (χ0n) is 12.0. The summed E-state index contributed by atoms with van der Waals surface area (Å²) < 4.78 is 50.4. The number of hydrogen-bond acceptors (Lipinski definition) is 6. The van der Waals surface area contributed by atoms with Gasteiger partial charge in [0.15, 0.2) is 15.1 Å². The molecule has 0 unspecified atom stereocenters. The van der Waals surface area contributed by atoms with Crippen molar-refractivity contribution >= 4 is 49.8 Å². The third-order valence-corrected chi connectivity index (χ3v) is 6.29. The zero-order chi connectivity index (χ0) is 18.2. The van der Waals surface area contributed by atoms with E-state index < -0.39 is 31.8 Å². The van der Waals surface area contributed by atoms with E-state index in [1.807, 2.05) is 12.1 Å². The molecule has 0 spiro atoms. The van der Waals surface area contributed by atoms with E-state index in [1.54, 1.807) is 12.1 Å². The Bertz CT molecular complexity index is 955. The summed E-state index contributed by atoms with van der Waals surface area (Å²) in [7, 11) is -3.32. The molecule has 3 aromatic rings. The van der Waals surface area contributed by atoms with E-state index in [-0.39, 0.29) is 4.90 Å². The van der Waals surface area contributed by atoms with Crippen LogP contribution in [0, 0.1) is 10.1 Å². The van der Waals surface area contributed by atoms with Crippen LogP contribution in [0.25, 0.3) is 10.2 Å². The number of nitrogens with zero attached hydrogens (tertiary/aromatic N) is 2. The molecule has 1 heterocycles. The van der Waals surface area contributed by atoms with E-state index in [0.717, 1.165) is 34.1 Å². The van der Waals surface area contributed by atoms with Gasteiger partial charge in [0.25, 0.3) is 5.69 Å². The molecule has 0 saturated heterocycles. The maximum atomic E-state index is 12.5. The van der Waals surface area contributed by atoms with Gasteiger partial charge in [0.2, 0.25) is 0 Å². The molecule has 0 aliphatic carbocycles. The van der Waals surface area contributed by atoms with Crippen LogP contribution in [0.5, 0.6) is 0 Å². The molecule has 0 radical (unpaired) electrons. The zero-order valence-corrected chi connectivity index (χ0v) is 14.5. The van der Waals surface area contributed by atoms with E-state index in [1.165, 1.54) is 11.3 Å². The molecule has 5 nitrogen and oxygen atoms in total. The third kappa shape index (κ3) is 3.83. The van der Waals surface area contributed by atoms with Gasteiger partial charge in [-0.05, 0) is 24.3 Å². The van der Waals surface area contributed by atoms with Crippen LogP contribution in [-0.4, -0.2) is 19.6 Å². The fraction of sp³-hybridized carbons (Fsp3) is 0.0714. The van der Waals surface area contributed by atoms with Crippen molar-refractivity contribution in [2.45, 2.75) is 19.6 Å². The number of para-hydroxylation sites is 1. The SMILES string of the molecule is O=[N+]([O-])c1cc([S@](=O)C(F)(F)F)ccc1Sc1nc2ccccc2s1. The number of halogens is 3. The second-order valence-corrected chi connectivity index (χ2v) is 8.44. The largest absolute Gasteiger partial charge is 0.475 e. The molecule has 2 aromatic carbocycles. The highest BCUT2D eigenvalue weighted by Gasteiger charge is 2.38. The Labute approximate surface area is 149 Å². The summed E-state index contributed by atoms with van der Waals surface area (Å²) in [6.45, 7) is 0. The molecule has 0 amide bonds. The number of rotatable bonds is 4. The van der Waals surface area contributed by atoms with Crippen LogP contribution in [-0.2, 0) is 10.8 Å². The van der Waals surface area contributed by atoms with Crippen molar-refractivity contribution in [1.29, 1.82) is 0 Å². The minimum absolute atomic E-state index is 0.131. The van der Waals surface area contributed by atoms with Gasteiger partial charge in [-0.25, -0.2) is 9.19 Å². The first-order chi connectivity index (χ1) is 11.8. The van der Waals surface area contributed by atoms with E-state index >= 15 is 0 Å². The van der Waals surface area contributed by atoms with Gasteiger partial charge in [-0.3, -0.25) is 10.1 Å². The lowest BCUT2D eigenvalue weighted by Gasteiger charge is -2.07. The standard InChI is InChI=1S/C14H7F3N2O3S3/c15-14(16,17)25(22)8-5-6-12(10(7-8)19(20)21)24-13-18-9-3-1-2-4-11(9)23-13/h1-7H/t25-/m0/s1. The van der Waals surface area contributed by atoms with Crippen LogP contribution in [0.3, 0.4) is 0 Å². The first-order valence-corrected chi connectivity index (χ1v) is 9.34. The number of fused-ring (bicyclic) bond motifs is 1. The van der Waals surface area contributed by atoms with Crippen LogP contribution < -0.4 is 0 Å². The Kier molecular flexibility index (Phi) is 4.80. The van der Waals surface area contributed by atoms with Crippen molar-refractivity contribution in [2.24, 2.45) is 0 Å². The normalized spacial score (nSPS) is 13.1. The minimum atomic E-state index is -4.98. The van der Waals surface area contributed by atoms with Crippen LogP contribution in [0.2, 0.25) is 0 Å². The molecule has 0 bridgehead atoms. The molecule has 0 aliphatic heterocycles. The van der Waals surface area contributed by atoms with Gasteiger partial charge in [-0.1, -0.05) is 23.9 Å². The van der Waals surface area contributed by atoms with E-state index in [4.69, 9.17) is 0 Å². The van der Waals surface area contributed by atoms with E-state index in [2.05, 4.69) is 4.98 Å². The number of hydrogen-bond donors (Lipinski definition) is 0. The number of benzene rings is 2. The Morgan fingerprint density at radius 1 is 1.20 bits per heavy atom. The number of nitro groups is 1. The minimum Gasteiger partial charge on any atom is -0.258 e. The Hall–Kier alpha value is -1.98. The topological polar surface area (TPSA) is 73.1 Å². The maximum Gasteiger partial charge on any atom is 0.475 e. The average Bonchev–Trinajstić information content (AvgIpc) is 2.95. The van der Waals surface area contributed by atoms with Gasteiger partial charge >= 0.3 is 5.51 Å². The summed E-state index contributed by atoms with van der Waals surface area (Å²) in [5.41, 5.74) is -4.79. The van der Waals surface area contributed by atoms with Crippen LogP contribution in [0.4, 0.5) is 18.9 Å². The van der Waals surface area contributed by atoms with E-state index in [0.29, 0.717) is 10.4 Å². The molecule has 0 aliphatic rings. The lowest BCUT2D eigenvalue weighted by molar-refractivity contribution is -0.388. The fourth-order valence-electron chi connectivity index (χ4n) is 1.96. The quantitative estimate of drug-likeness (QED) is 0.453. The fourth-order valence-corrected chi connectivity index (χ4v) is 4.75. The van der Waals surface area contributed by atoms with Gasteiger partial charge in [0.05, 0.1) is 24.9 Å². The molecule has 1 aromatic heterocycles. The van der Waals surface area contributed by atoms with Gasteiger partial charge in [0.1, 0.15) is 0 Å². The summed E-state index contributed by atoms with van der Waals surface area (Å²) in [5, 5.41) is 11.2. The molecule has 0 saturated carbocycles. The summed E-state index contributed by atoms with van der Waals surface area (Å²) in [6, 6.07) is 10.1. The van der Waals surface area contributed by atoms with Crippen molar-refractivity contribution in [1.82, 2.24) is 4.98 Å². The third-order valence-electron chi connectivity index (χ3n) is 3.02. The highest BCUT2D eigenvalue weighted by Crippen LogP contribution is 2.40. The first-order valence-electron chi connectivity index (χ1n) is 6.56. The highest BCUT2D eigenvalue weighted by molar-refractivity contribution is 8.01. The lowest BCUT2D eigenvalue weighted by Crippen LogP contribution is -2.16. The first kappa shape index (κ1) is 17.8. The summed E-state index contributed by atoms with van der Waals surface area (Å²) in [5.74, 6) is 0. The Morgan fingerprint density at radius 2 is 1.92 bits per heavy atom. The van der Waals surface area contributed by atoms with Gasteiger partial charge in [-0.15, -0.1) is 11.3 Å². The smallest absolute Gasteiger partial charge is 0.258 e. The number of nitro benzene ring substituents is 1. The molecular formula is C14H7F3N2O3S3. The van der Waals surface area contributed by atoms with Crippen LogP contribution >= 0.6 is 23.1 Å². The molecule has 11 heteroatoms. The van der Waals surface area contributed by atoms with Crippen molar-refractivity contribution in [3.05, 3.63) is 52.6 Å². The highest BCUT2D eigenvalue weighted by atomic mass is 32.2. The number of aromatic nitrogens is 1. The van der Waals surface area contributed by atoms with Crippen molar-refractivity contribution < 1.29 is 22.3 Å². The molecule has 130 valence electrons.